The van der Waals surface area contributed by atoms with Crippen LogP contribution in [0.4, 0.5) is 5.69 Å². The van der Waals surface area contributed by atoms with Gasteiger partial charge in [-0.3, -0.25) is 14.9 Å². The maximum absolute atomic E-state index is 11.8. The van der Waals surface area contributed by atoms with Gasteiger partial charge in [0.2, 0.25) is 0 Å². The number of hydrogen-bond acceptors (Lipinski definition) is 3. The van der Waals surface area contributed by atoms with E-state index in [1.54, 1.807) is 6.08 Å². The van der Waals surface area contributed by atoms with E-state index < -0.39 is 4.92 Å². The fourth-order valence-electron chi connectivity index (χ4n) is 1.41. The Balaban J connectivity index is 2.87. The van der Waals surface area contributed by atoms with Gasteiger partial charge in [0.25, 0.3) is 11.6 Å². The molecular formula is C12H13ClN2O3. The zero-order valence-corrected chi connectivity index (χ0v) is 10.6. The molecule has 0 radical (unpaired) electrons. The van der Waals surface area contributed by atoms with Crippen molar-refractivity contribution < 1.29 is 9.72 Å². The second-order valence-electron chi connectivity index (χ2n) is 3.82. The van der Waals surface area contributed by atoms with Crippen LogP contribution in [0.3, 0.4) is 0 Å². The first-order valence-corrected chi connectivity index (χ1v) is 5.69. The highest BCUT2D eigenvalue weighted by atomic mass is 35.5. The van der Waals surface area contributed by atoms with Crippen LogP contribution in [0.5, 0.6) is 0 Å². The van der Waals surface area contributed by atoms with Gasteiger partial charge in [0, 0.05) is 18.2 Å². The van der Waals surface area contributed by atoms with Crippen molar-refractivity contribution in [3.8, 4) is 0 Å². The lowest BCUT2D eigenvalue weighted by atomic mass is 10.1. The molecule has 1 unspecified atom stereocenters. The minimum atomic E-state index is -0.562. The lowest BCUT2D eigenvalue weighted by Crippen LogP contribution is -2.32. The number of hydrogen-bond donors (Lipinski definition) is 1. The molecule has 1 aromatic rings. The van der Waals surface area contributed by atoms with Crippen LogP contribution in [0.1, 0.15) is 23.7 Å². The first-order chi connectivity index (χ1) is 8.45. The molecule has 0 heterocycles. The minimum Gasteiger partial charge on any atom is -0.349 e. The molecule has 96 valence electrons. The first-order valence-electron chi connectivity index (χ1n) is 5.31. The molecule has 0 spiro atoms. The Kier molecular flexibility index (Phi) is 4.85. The average molecular weight is 269 g/mol. The summed E-state index contributed by atoms with van der Waals surface area (Å²) in [5, 5.41) is 13.3. The van der Waals surface area contributed by atoms with Crippen molar-refractivity contribution in [1.29, 1.82) is 0 Å². The van der Waals surface area contributed by atoms with Gasteiger partial charge in [-0.15, -0.1) is 6.58 Å². The SMILES string of the molecule is C=CCC(C)NC(=O)c1ccc([N+](=O)[O-])cc1Cl. The number of amides is 1. The number of benzene rings is 1. The van der Waals surface area contributed by atoms with Crippen LogP contribution in [0.25, 0.3) is 0 Å². The van der Waals surface area contributed by atoms with Gasteiger partial charge in [0.1, 0.15) is 0 Å². The molecule has 0 aromatic heterocycles. The van der Waals surface area contributed by atoms with Crippen molar-refractivity contribution in [1.82, 2.24) is 5.32 Å². The van der Waals surface area contributed by atoms with E-state index >= 15 is 0 Å². The summed E-state index contributed by atoms with van der Waals surface area (Å²) in [5.74, 6) is -0.357. The molecule has 0 bridgehead atoms. The molecule has 1 N–H and O–H groups in total. The zero-order chi connectivity index (χ0) is 13.7. The van der Waals surface area contributed by atoms with E-state index in [4.69, 9.17) is 11.6 Å². The van der Waals surface area contributed by atoms with Gasteiger partial charge in [-0.1, -0.05) is 17.7 Å². The molecule has 0 saturated carbocycles. The lowest BCUT2D eigenvalue weighted by Gasteiger charge is -2.12. The molecule has 1 rings (SSSR count). The highest BCUT2D eigenvalue weighted by Crippen LogP contribution is 2.22. The Labute approximate surface area is 110 Å². The van der Waals surface area contributed by atoms with E-state index in [9.17, 15) is 14.9 Å². The van der Waals surface area contributed by atoms with Crippen molar-refractivity contribution in [3.63, 3.8) is 0 Å². The Morgan fingerprint density at radius 3 is 2.83 bits per heavy atom. The first kappa shape index (κ1) is 14.2. The molecule has 18 heavy (non-hydrogen) atoms. The van der Waals surface area contributed by atoms with E-state index in [-0.39, 0.29) is 28.2 Å². The van der Waals surface area contributed by atoms with Gasteiger partial charge in [0.15, 0.2) is 0 Å². The smallest absolute Gasteiger partial charge is 0.270 e. The van der Waals surface area contributed by atoms with Crippen LogP contribution >= 0.6 is 11.6 Å². The molecule has 1 amide bonds. The Morgan fingerprint density at radius 1 is 1.67 bits per heavy atom. The average Bonchev–Trinajstić information content (AvgIpc) is 2.28. The predicted molar refractivity (Wildman–Crippen MR) is 69.8 cm³/mol. The molecule has 0 fully saturated rings. The number of halogens is 1. The van der Waals surface area contributed by atoms with Crippen molar-refractivity contribution in [3.05, 3.63) is 51.6 Å². The van der Waals surface area contributed by atoms with Gasteiger partial charge in [-0.25, -0.2) is 0 Å². The van der Waals surface area contributed by atoms with E-state index in [1.807, 2.05) is 6.92 Å². The zero-order valence-electron chi connectivity index (χ0n) is 9.85. The van der Waals surface area contributed by atoms with Crippen LogP contribution < -0.4 is 5.32 Å². The van der Waals surface area contributed by atoms with Crippen LogP contribution in [0.2, 0.25) is 5.02 Å². The summed E-state index contributed by atoms with van der Waals surface area (Å²) >= 11 is 5.84. The summed E-state index contributed by atoms with van der Waals surface area (Å²) in [6.45, 7) is 5.41. The molecule has 1 aromatic carbocycles. The van der Waals surface area contributed by atoms with Crippen LogP contribution in [0.15, 0.2) is 30.9 Å². The van der Waals surface area contributed by atoms with Crippen molar-refractivity contribution in [2.75, 3.05) is 0 Å². The van der Waals surface area contributed by atoms with Crippen molar-refractivity contribution in [2.24, 2.45) is 0 Å². The topological polar surface area (TPSA) is 72.2 Å². The quantitative estimate of drug-likeness (QED) is 0.507. The van der Waals surface area contributed by atoms with Crippen LogP contribution in [0, 0.1) is 10.1 Å². The summed E-state index contributed by atoms with van der Waals surface area (Å²) in [6.07, 6.45) is 2.33. The van der Waals surface area contributed by atoms with Crippen molar-refractivity contribution >= 4 is 23.2 Å². The number of rotatable bonds is 5. The minimum absolute atomic E-state index is 0.0625. The second-order valence-corrected chi connectivity index (χ2v) is 4.23. The Bertz CT molecular complexity index is 488. The highest BCUT2D eigenvalue weighted by molar-refractivity contribution is 6.34. The molecular weight excluding hydrogens is 256 g/mol. The molecule has 6 heteroatoms. The lowest BCUT2D eigenvalue weighted by molar-refractivity contribution is -0.384. The summed E-state index contributed by atoms with van der Waals surface area (Å²) in [7, 11) is 0. The fourth-order valence-corrected chi connectivity index (χ4v) is 1.67. The third-order valence-electron chi connectivity index (χ3n) is 2.31. The summed E-state index contributed by atoms with van der Waals surface area (Å²) in [4.78, 5) is 21.8. The third-order valence-corrected chi connectivity index (χ3v) is 2.62. The summed E-state index contributed by atoms with van der Waals surface area (Å²) in [5.41, 5.74) is 0.0777. The number of nitro benzene ring substituents is 1. The predicted octanol–water partition coefficient (Wildman–Crippen LogP) is 2.94. The molecule has 0 aliphatic heterocycles. The highest BCUT2D eigenvalue weighted by Gasteiger charge is 2.15. The van der Waals surface area contributed by atoms with E-state index in [1.165, 1.54) is 12.1 Å². The van der Waals surface area contributed by atoms with Crippen molar-refractivity contribution in [2.45, 2.75) is 19.4 Å². The molecule has 0 aliphatic rings. The third kappa shape index (κ3) is 3.56. The number of nitrogens with zero attached hydrogens (tertiary/aromatic N) is 1. The molecule has 5 nitrogen and oxygen atoms in total. The second kappa shape index (κ2) is 6.16. The van der Waals surface area contributed by atoms with E-state index in [0.29, 0.717) is 6.42 Å². The number of nitro groups is 1. The maximum atomic E-state index is 11.8. The summed E-state index contributed by atoms with van der Waals surface area (Å²) in [6, 6.07) is 3.69. The number of carbonyl (C=O) groups is 1. The van der Waals surface area contributed by atoms with Gasteiger partial charge < -0.3 is 5.32 Å². The normalized spacial score (nSPS) is 11.7. The molecule has 0 aliphatic carbocycles. The Morgan fingerprint density at radius 2 is 2.33 bits per heavy atom. The maximum Gasteiger partial charge on any atom is 0.270 e. The molecule has 1 atom stereocenters. The van der Waals surface area contributed by atoms with E-state index in [0.717, 1.165) is 6.07 Å². The Hall–Kier alpha value is -1.88. The monoisotopic (exact) mass is 268 g/mol. The standard InChI is InChI=1S/C12H13ClN2O3/c1-3-4-8(2)14-12(16)10-6-5-9(15(17)18)7-11(10)13/h3,5-8H,1,4H2,2H3,(H,14,16). The number of carbonyl (C=O) groups excluding carboxylic acids is 1. The van der Waals surface area contributed by atoms with Gasteiger partial charge in [-0.05, 0) is 19.4 Å². The number of non-ortho nitro benzene ring substituents is 1. The van der Waals surface area contributed by atoms with E-state index in [2.05, 4.69) is 11.9 Å². The van der Waals surface area contributed by atoms with Gasteiger partial charge in [-0.2, -0.15) is 0 Å². The van der Waals surface area contributed by atoms with Gasteiger partial charge in [0.05, 0.1) is 15.5 Å². The fraction of sp³-hybridized carbons (Fsp3) is 0.250. The molecule has 0 saturated heterocycles. The van der Waals surface area contributed by atoms with Gasteiger partial charge >= 0.3 is 0 Å². The summed E-state index contributed by atoms with van der Waals surface area (Å²) < 4.78 is 0. The van der Waals surface area contributed by atoms with Crippen LogP contribution in [-0.4, -0.2) is 16.9 Å². The van der Waals surface area contributed by atoms with Crippen LogP contribution in [-0.2, 0) is 0 Å². The largest absolute Gasteiger partial charge is 0.349 e. The number of nitrogens with one attached hydrogen (secondary N) is 1.